The molecular formula is C18H20FN3O3. The topological polar surface area (TPSA) is 75.5 Å². The number of nitro groups is 1. The van der Waals surface area contributed by atoms with Crippen molar-refractivity contribution in [2.75, 3.05) is 23.8 Å². The van der Waals surface area contributed by atoms with Crippen LogP contribution in [0.25, 0.3) is 0 Å². The molecule has 132 valence electrons. The van der Waals surface area contributed by atoms with Crippen LogP contribution in [0, 0.1) is 36.7 Å². The van der Waals surface area contributed by atoms with Crippen LogP contribution in [-0.2, 0) is 4.79 Å². The van der Waals surface area contributed by atoms with Gasteiger partial charge in [-0.15, -0.1) is 0 Å². The predicted octanol–water partition coefficient (Wildman–Crippen LogP) is 3.73. The fourth-order valence-electron chi connectivity index (χ4n) is 2.81. The number of carbonyl (C=O) groups excluding carboxylic acids is 1. The third kappa shape index (κ3) is 4.32. The molecule has 1 N–H and O–H groups in total. The number of nitro benzene ring substituents is 1. The smallest absolute Gasteiger partial charge is 0.292 e. The average molecular weight is 345 g/mol. The summed E-state index contributed by atoms with van der Waals surface area (Å²) < 4.78 is 13.4. The molecule has 0 radical (unpaired) electrons. The van der Waals surface area contributed by atoms with E-state index >= 15 is 0 Å². The molecule has 0 saturated heterocycles. The molecule has 1 amide bonds. The van der Waals surface area contributed by atoms with E-state index in [1.54, 1.807) is 0 Å². The summed E-state index contributed by atoms with van der Waals surface area (Å²) in [5, 5.41) is 13.9. The fraction of sp³-hybridized carbons (Fsp3) is 0.278. The predicted molar refractivity (Wildman–Crippen MR) is 95.6 cm³/mol. The van der Waals surface area contributed by atoms with E-state index in [1.807, 2.05) is 32.9 Å². The van der Waals surface area contributed by atoms with Gasteiger partial charge in [0, 0.05) is 24.9 Å². The van der Waals surface area contributed by atoms with Crippen molar-refractivity contribution in [1.82, 2.24) is 0 Å². The maximum absolute atomic E-state index is 13.4. The Hall–Kier alpha value is -2.96. The van der Waals surface area contributed by atoms with Crippen molar-refractivity contribution >= 4 is 23.0 Å². The minimum absolute atomic E-state index is 0.0532. The molecule has 25 heavy (non-hydrogen) atoms. The second-order valence-electron chi connectivity index (χ2n) is 6.07. The zero-order valence-electron chi connectivity index (χ0n) is 14.6. The highest BCUT2D eigenvalue weighted by molar-refractivity contribution is 5.95. The van der Waals surface area contributed by atoms with Gasteiger partial charge in [0.1, 0.15) is 11.5 Å². The van der Waals surface area contributed by atoms with E-state index in [0.717, 1.165) is 40.6 Å². The molecule has 0 saturated carbocycles. The fourth-order valence-corrected chi connectivity index (χ4v) is 2.81. The van der Waals surface area contributed by atoms with Crippen LogP contribution in [0.4, 0.5) is 21.5 Å². The molecule has 0 bridgehead atoms. The third-order valence-corrected chi connectivity index (χ3v) is 3.87. The van der Waals surface area contributed by atoms with Gasteiger partial charge < -0.3 is 10.2 Å². The number of anilines is 2. The molecule has 2 aromatic carbocycles. The lowest BCUT2D eigenvalue weighted by molar-refractivity contribution is -0.384. The standard InChI is InChI=1S/C18H20FN3O3/c1-11-7-12(2)18(13(3)8-11)20-17(23)10-21(4)16-9-14(19)5-6-15(16)22(24)25/h5-9H,10H2,1-4H3,(H,20,23). The van der Waals surface area contributed by atoms with Crippen LogP contribution in [0.3, 0.4) is 0 Å². The average Bonchev–Trinajstić information content (AvgIpc) is 2.50. The van der Waals surface area contributed by atoms with Gasteiger partial charge in [0.15, 0.2) is 0 Å². The Morgan fingerprint density at radius 1 is 1.20 bits per heavy atom. The summed E-state index contributed by atoms with van der Waals surface area (Å²) in [6, 6.07) is 7.09. The van der Waals surface area contributed by atoms with Gasteiger partial charge in [0.05, 0.1) is 11.5 Å². The third-order valence-electron chi connectivity index (χ3n) is 3.87. The molecule has 0 fully saturated rings. The van der Waals surface area contributed by atoms with E-state index in [-0.39, 0.29) is 23.8 Å². The molecule has 7 heteroatoms. The minimum Gasteiger partial charge on any atom is -0.360 e. The zero-order valence-corrected chi connectivity index (χ0v) is 14.6. The van der Waals surface area contributed by atoms with Crippen molar-refractivity contribution in [3.05, 3.63) is 63.0 Å². The largest absolute Gasteiger partial charge is 0.360 e. The number of aryl methyl sites for hydroxylation is 3. The number of likely N-dealkylation sites (N-methyl/N-ethyl adjacent to an activating group) is 1. The van der Waals surface area contributed by atoms with Gasteiger partial charge in [0.2, 0.25) is 5.91 Å². The van der Waals surface area contributed by atoms with Gasteiger partial charge in [-0.1, -0.05) is 17.7 Å². The Morgan fingerprint density at radius 3 is 2.36 bits per heavy atom. The molecule has 0 atom stereocenters. The summed E-state index contributed by atoms with van der Waals surface area (Å²) >= 11 is 0. The highest BCUT2D eigenvalue weighted by Gasteiger charge is 2.20. The van der Waals surface area contributed by atoms with Crippen LogP contribution in [0.1, 0.15) is 16.7 Å². The number of hydrogen-bond acceptors (Lipinski definition) is 4. The Balaban J connectivity index is 2.19. The van der Waals surface area contributed by atoms with Crippen molar-refractivity contribution in [2.24, 2.45) is 0 Å². The summed E-state index contributed by atoms with van der Waals surface area (Å²) in [4.78, 5) is 24.2. The summed E-state index contributed by atoms with van der Waals surface area (Å²) in [6.07, 6.45) is 0. The first-order chi connectivity index (χ1) is 11.7. The molecule has 0 aliphatic rings. The highest BCUT2D eigenvalue weighted by atomic mass is 19.1. The zero-order chi connectivity index (χ0) is 18.7. The first kappa shape index (κ1) is 18.4. The van der Waals surface area contributed by atoms with E-state index in [2.05, 4.69) is 5.32 Å². The van der Waals surface area contributed by atoms with Crippen LogP contribution in [0.2, 0.25) is 0 Å². The Labute approximate surface area is 145 Å². The van der Waals surface area contributed by atoms with Crippen LogP contribution in [0.5, 0.6) is 0 Å². The van der Waals surface area contributed by atoms with Gasteiger partial charge in [-0.2, -0.15) is 0 Å². The van der Waals surface area contributed by atoms with Gasteiger partial charge in [-0.25, -0.2) is 4.39 Å². The van der Waals surface area contributed by atoms with Gasteiger partial charge >= 0.3 is 0 Å². The summed E-state index contributed by atoms with van der Waals surface area (Å²) in [5.41, 5.74) is 3.49. The molecule has 0 aliphatic carbocycles. The van der Waals surface area contributed by atoms with Crippen LogP contribution < -0.4 is 10.2 Å². The van der Waals surface area contributed by atoms with Crippen LogP contribution in [-0.4, -0.2) is 24.4 Å². The number of amides is 1. The Kier molecular flexibility index (Phi) is 5.36. The number of nitrogens with zero attached hydrogens (tertiary/aromatic N) is 2. The molecule has 6 nitrogen and oxygen atoms in total. The summed E-state index contributed by atoms with van der Waals surface area (Å²) in [5.74, 6) is -0.936. The Bertz CT molecular complexity index is 813. The molecule has 0 aliphatic heterocycles. The van der Waals surface area contributed by atoms with E-state index < -0.39 is 10.7 Å². The number of carbonyl (C=O) groups is 1. The van der Waals surface area contributed by atoms with Gasteiger partial charge in [0.25, 0.3) is 5.69 Å². The van der Waals surface area contributed by atoms with Crippen molar-refractivity contribution in [2.45, 2.75) is 20.8 Å². The number of benzene rings is 2. The molecule has 0 heterocycles. The number of halogens is 1. The highest BCUT2D eigenvalue weighted by Crippen LogP contribution is 2.28. The maximum Gasteiger partial charge on any atom is 0.292 e. The molecule has 0 unspecified atom stereocenters. The number of hydrogen-bond donors (Lipinski definition) is 1. The lowest BCUT2D eigenvalue weighted by atomic mass is 10.1. The van der Waals surface area contributed by atoms with Gasteiger partial charge in [-0.3, -0.25) is 14.9 Å². The lowest BCUT2D eigenvalue weighted by Crippen LogP contribution is -2.31. The maximum atomic E-state index is 13.4. The lowest BCUT2D eigenvalue weighted by Gasteiger charge is -2.20. The van der Waals surface area contributed by atoms with E-state index in [4.69, 9.17) is 0 Å². The summed E-state index contributed by atoms with van der Waals surface area (Å²) in [7, 11) is 1.51. The van der Waals surface area contributed by atoms with E-state index in [0.29, 0.717) is 0 Å². The number of rotatable bonds is 5. The second-order valence-corrected chi connectivity index (χ2v) is 6.07. The van der Waals surface area contributed by atoms with E-state index in [9.17, 15) is 19.3 Å². The molecule has 2 rings (SSSR count). The minimum atomic E-state index is -0.600. The molecule has 0 spiro atoms. The molecular weight excluding hydrogens is 325 g/mol. The quantitative estimate of drug-likeness (QED) is 0.662. The monoisotopic (exact) mass is 345 g/mol. The normalized spacial score (nSPS) is 10.4. The first-order valence-corrected chi connectivity index (χ1v) is 7.72. The van der Waals surface area contributed by atoms with Gasteiger partial charge in [-0.05, 0) is 38.0 Å². The molecule has 2 aromatic rings. The van der Waals surface area contributed by atoms with E-state index in [1.165, 1.54) is 11.9 Å². The van der Waals surface area contributed by atoms with Crippen molar-refractivity contribution in [3.63, 3.8) is 0 Å². The number of nitrogens with one attached hydrogen (secondary N) is 1. The second kappa shape index (κ2) is 7.29. The summed E-state index contributed by atoms with van der Waals surface area (Å²) in [6.45, 7) is 5.63. The SMILES string of the molecule is Cc1cc(C)c(NC(=O)CN(C)c2cc(F)ccc2[N+](=O)[O-])c(C)c1. The molecule has 0 aromatic heterocycles. The van der Waals surface area contributed by atoms with Crippen molar-refractivity contribution in [1.29, 1.82) is 0 Å². The Morgan fingerprint density at radius 2 is 1.80 bits per heavy atom. The van der Waals surface area contributed by atoms with Crippen molar-refractivity contribution < 1.29 is 14.1 Å². The van der Waals surface area contributed by atoms with Crippen LogP contribution >= 0.6 is 0 Å². The van der Waals surface area contributed by atoms with Crippen LogP contribution in [0.15, 0.2) is 30.3 Å². The first-order valence-electron chi connectivity index (χ1n) is 7.72. The van der Waals surface area contributed by atoms with Crippen molar-refractivity contribution in [3.8, 4) is 0 Å².